The average Bonchev–Trinajstić information content (AvgIpc) is 1.84. The lowest BCUT2D eigenvalue weighted by Crippen LogP contribution is -2.13. The van der Waals surface area contributed by atoms with E-state index in [4.69, 9.17) is 16.9 Å². The van der Waals surface area contributed by atoms with Gasteiger partial charge in [-0.15, -0.1) is 0 Å². The Labute approximate surface area is 51.8 Å². The van der Waals surface area contributed by atoms with Crippen LogP contribution in [0.1, 0.15) is 0 Å². The Balaban J connectivity index is 3.68. The molecule has 1 unspecified atom stereocenters. The van der Waals surface area contributed by atoms with Crippen molar-refractivity contribution >= 4 is 17.6 Å². The van der Waals surface area contributed by atoms with Crippen molar-refractivity contribution in [2.24, 2.45) is 0 Å². The summed E-state index contributed by atoms with van der Waals surface area (Å²) in [6, 6.07) is 1.51. The number of hydrogen-bond acceptors (Lipinski definition) is 3. The Bertz CT molecular complexity index is 128. The number of ether oxygens (including phenoxy) is 1. The molecule has 0 aromatic carbocycles. The van der Waals surface area contributed by atoms with Gasteiger partial charge in [-0.3, -0.25) is 0 Å². The summed E-state index contributed by atoms with van der Waals surface area (Å²) in [5, 5.41) is 6.79. The van der Waals surface area contributed by atoms with Gasteiger partial charge in [-0.1, -0.05) is 11.6 Å². The number of carbonyl (C=O) groups excluding carboxylic acids is 1. The number of rotatable bonds is 1. The summed E-state index contributed by atoms with van der Waals surface area (Å²) in [5.74, 6) is -0.714. The van der Waals surface area contributed by atoms with E-state index in [-0.39, 0.29) is 0 Å². The molecule has 0 aliphatic rings. The minimum atomic E-state index is -1.17. The molecule has 1 atom stereocenters. The number of alkyl halides is 1. The topological polar surface area (TPSA) is 50.1 Å². The fraction of sp³-hybridized carbons (Fsp3) is 0.500. The fourth-order valence-electron chi connectivity index (χ4n) is 0.156. The normalized spacial score (nSPS) is 11.6. The molecule has 0 spiro atoms. The molecule has 0 N–H and O–H groups in total. The molecule has 0 aromatic heterocycles. The van der Waals surface area contributed by atoms with Crippen LogP contribution in [0.4, 0.5) is 0 Å². The minimum absolute atomic E-state index is 0.714. The number of nitriles is 1. The summed E-state index contributed by atoms with van der Waals surface area (Å²) < 4.78 is 4.11. The third-order valence-corrected chi connectivity index (χ3v) is 0.797. The highest BCUT2D eigenvalue weighted by molar-refractivity contribution is 6.31. The Kier molecular flexibility index (Phi) is 2.97. The first-order valence-corrected chi connectivity index (χ1v) is 2.27. The molecule has 0 heterocycles. The Morgan fingerprint density at radius 1 is 2.00 bits per heavy atom. The van der Waals surface area contributed by atoms with Crippen LogP contribution >= 0.6 is 11.6 Å². The zero-order chi connectivity index (χ0) is 6.57. The number of methoxy groups -OCH3 is 1. The van der Waals surface area contributed by atoms with Gasteiger partial charge in [0.1, 0.15) is 0 Å². The van der Waals surface area contributed by atoms with Crippen LogP contribution in [0.15, 0.2) is 0 Å². The second-order valence-electron chi connectivity index (χ2n) is 1.01. The number of halogens is 1. The first-order chi connectivity index (χ1) is 3.72. The van der Waals surface area contributed by atoms with Gasteiger partial charge in [-0.25, -0.2) is 4.79 Å². The van der Waals surface area contributed by atoms with E-state index in [1.165, 1.54) is 13.2 Å². The van der Waals surface area contributed by atoms with E-state index in [2.05, 4.69) is 4.74 Å². The second kappa shape index (κ2) is 3.28. The van der Waals surface area contributed by atoms with Crippen molar-refractivity contribution in [2.75, 3.05) is 7.11 Å². The van der Waals surface area contributed by atoms with Crippen LogP contribution < -0.4 is 0 Å². The minimum Gasteiger partial charge on any atom is -0.467 e. The van der Waals surface area contributed by atoms with E-state index in [0.29, 0.717) is 0 Å². The van der Waals surface area contributed by atoms with Crippen LogP contribution in [-0.2, 0) is 9.53 Å². The van der Waals surface area contributed by atoms with E-state index in [0.717, 1.165) is 0 Å². The smallest absolute Gasteiger partial charge is 0.338 e. The van der Waals surface area contributed by atoms with E-state index in [1.807, 2.05) is 0 Å². The highest BCUT2D eigenvalue weighted by Crippen LogP contribution is 1.93. The van der Waals surface area contributed by atoms with Crippen molar-refractivity contribution in [3.63, 3.8) is 0 Å². The largest absolute Gasteiger partial charge is 0.467 e. The van der Waals surface area contributed by atoms with Crippen LogP contribution in [0.3, 0.4) is 0 Å². The zero-order valence-electron chi connectivity index (χ0n) is 4.22. The monoisotopic (exact) mass is 133 g/mol. The van der Waals surface area contributed by atoms with Crippen LogP contribution in [0.25, 0.3) is 0 Å². The summed E-state index contributed by atoms with van der Waals surface area (Å²) in [6.45, 7) is 0. The number of esters is 1. The van der Waals surface area contributed by atoms with Gasteiger partial charge in [0, 0.05) is 0 Å². The number of carbonyl (C=O) groups is 1. The maximum absolute atomic E-state index is 10.2. The van der Waals surface area contributed by atoms with Crippen LogP contribution in [0.5, 0.6) is 0 Å². The van der Waals surface area contributed by atoms with Gasteiger partial charge in [0.2, 0.25) is 5.38 Å². The molecular weight excluding hydrogens is 130 g/mol. The first kappa shape index (κ1) is 7.25. The SMILES string of the molecule is COC(=O)C(Cl)C#N. The molecule has 0 amide bonds. The van der Waals surface area contributed by atoms with Gasteiger partial charge in [-0.05, 0) is 0 Å². The molecule has 0 aliphatic carbocycles. The standard InChI is InChI=1S/C4H4ClNO2/c1-8-4(7)3(5)2-6/h3H,1H3. The predicted molar refractivity (Wildman–Crippen MR) is 27.3 cm³/mol. The van der Waals surface area contributed by atoms with Gasteiger partial charge in [0.05, 0.1) is 13.2 Å². The van der Waals surface area contributed by atoms with E-state index >= 15 is 0 Å². The predicted octanol–water partition coefficient (Wildman–Crippen LogP) is 0.290. The summed E-state index contributed by atoms with van der Waals surface area (Å²) in [6.07, 6.45) is 0. The van der Waals surface area contributed by atoms with Gasteiger partial charge in [-0.2, -0.15) is 5.26 Å². The third kappa shape index (κ3) is 1.80. The second-order valence-corrected chi connectivity index (χ2v) is 1.45. The molecule has 0 saturated heterocycles. The van der Waals surface area contributed by atoms with Crippen molar-refractivity contribution < 1.29 is 9.53 Å². The molecule has 0 aromatic rings. The van der Waals surface area contributed by atoms with Gasteiger partial charge in [0.25, 0.3) is 0 Å². The fourth-order valence-corrected chi connectivity index (χ4v) is 0.245. The molecule has 8 heavy (non-hydrogen) atoms. The van der Waals surface area contributed by atoms with Crippen LogP contribution in [0, 0.1) is 11.3 Å². The molecule has 4 heteroatoms. The number of hydrogen-bond donors (Lipinski definition) is 0. The Morgan fingerprint density at radius 3 is 2.62 bits per heavy atom. The lowest BCUT2D eigenvalue weighted by molar-refractivity contribution is -0.139. The van der Waals surface area contributed by atoms with Crippen LogP contribution in [-0.4, -0.2) is 18.5 Å². The van der Waals surface area contributed by atoms with Crippen molar-refractivity contribution in [3.8, 4) is 6.07 Å². The molecule has 44 valence electrons. The zero-order valence-corrected chi connectivity index (χ0v) is 4.97. The molecule has 0 aliphatic heterocycles. The van der Waals surface area contributed by atoms with Crippen molar-refractivity contribution in [1.29, 1.82) is 5.26 Å². The maximum atomic E-state index is 10.2. The summed E-state index contributed by atoms with van der Waals surface area (Å²) in [4.78, 5) is 10.2. The first-order valence-electron chi connectivity index (χ1n) is 1.84. The molecule has 0 fully saturated rings. The molecule has 0 bridgehead atoms. The highest BCUT2D eigenvalue weighted by Gasteiger charge is 2.12. The Morgan fingerprint density at radius 2 is 2.50 bits per heavy atom. The average molecular weight is 134 g/mol. The van der Waals surface area contributed by atoms with E-state index in [9.17, 15) is 4.79 Å². The lowest BCUT2D eigenvalue weighted by atomic mass is 10.5. The van der Waals surface area contributed by atoms with E-state index in [1.54, 1.807) is 0 Å². The van der Waals surface area contributed by atoms with Crippen molar-refractivity contribution in [2.45, 2.75) is 5.38 Å². The highest BCUT2D eigenvalue weighted by atomic mass is 35.5. The third-order valence-electron chi connectivity index (χ3n) is 0.521. The quantitative estimate of drug-likeness (QED) is 0.382. The van der Waals surface area contributed by atoms with Crippen molar-refractivity contribution in [1.82, 2.24) is 0 Å². The summed E-state index contributed by atoms with van der Waals surface area (Å²) in [5.41, 5.74) is 0. The molecule has 0 radical (unpaired) electrons. The number of nitrogens with zero attached hydrogens (tertiary/aromatic N) is 1. The van der Waals surface area contributed by atoms with Gasteiger partial charge >= 0.3 is 5.97 Å². The Hall–Kier alpha value is -0.750. The maximum Gasteiger partial charge on any atom is 0.338 e. The molecule has 0 rings (SSSR count). The summed E-state index contributed by atoms with van der Waals surface area (Å²) in [7, 11) is 1.18. The van der Waals surface area contributed by atoms with Crippen LogP contribution in [0.2, 0.25) is 0 Å². The lowest BCUT2D eigenvalue weighted by Gasteiger charge is -1.93. The summed E-state index contributed by atoms with van der Waals surface area (Å²) >= 11 is 5.08. The van der Waals surface area contributed by atoms with Gasteiger partial charge in [0.15, 0.2) is 0 Å². The molecule has 0 saturated carbocycles. The van der Waals surface area contributed by atoms with E-state index < -0.39 is 11.3 Å². The van der Waals surface area contributed by atoms with Gasteiger partial charge < -0.3 is 4.74 Å². The van der Waals surface area contributed by atoms with Crippen molar-refractivity contribution in [3.05, 3.63) is 0 Å². The molecule has 3 nitrogen and oxygen atoms in total. The molecular formula is C4H4ClNO2.